The molecule has 1 aliphatic rings. The number of piperazine rings is 1. The molecule has 0 aromatic carbocycles. The predicted octanol–water partition coefficient (Wildman–Crippen LogP) is -0.351. The first-order valence-electron chi connectivity index (χ1n) is 6.35. The topological polar surface area (TPSA) is 83.5 Å². The van der Waals surface area contributed by atoms with Gasteiger partial charge in [-0.2, -0.15) is 0 Å². The highest BCUT2D eigenvalue weighted by molar-refractivity contribution is 7.90. The van der Waals surface area contributed by atoms with Crippen LogP contribution in [-0.4, -0.2) is 78.4 Å². The van der Waals surface area contributed by atoms with Gasteiger partial charge in [0.15, 0.2) is 5.69 Å². The standard InChI is InChI=1S/C11H18N4O3S2/c1-9-10(12-13-19-9)11(16)15-5-3-14(4-6-15)7-8-20(2,17)18/h3-8H2,1-2H3. The lowest BCUT2D eigenvalue weighted by atomic mass is 10.2. The minimum absolute atomic E-state index is 0.0842. The lowest BCUT2D eigenvalue weighted by molar-refractivity contribution is 0.0637. The van der Waals surface area contributed by atoms with Crippen LogP contribution in [0.4, 0.5) is 0 Å². The van der Waals surface area contributed by atoms with Crippen molar-refractivity contribution in [2.75, 3.05) is 44.7 Å². The maximum atomic E-state index is 12.2. The molecule has 1 aromatic rings. The van der Waals surface area contributed by atoms with Gasteiger partial charge in [0.05, 0.1) is 10.6 Å². The Balaban J connectivity index is 1.85. The highest BCUT2D eigenvalue weighted by Gasteiger charge is 2.25. The Labute approximate surface area is 122 Å². The molecule has 20 heavy (non-hydrogen) atoms. The minimum Gasteiger partial charge on any atom is -0.335 e. The summed E-state index contributed by atoms with van der Waals surface area (Å²) in [4.78, 5) is 16.9. The van der Waals surface area contributed by atoms with Crippen LogP contribution in [0.1, 0.15) is 15.4 Å². The Kier molecular flexibility index (Phi) is 4.71. The van der Waals surface area contributed by atoms with Crippen molar-refractivity contribution < 1.29 is 13.2 Å². The van der Waals surface area contributed by atoms with Crippen LogP contribution in [0.3, 0.4) is 0 Å². The molecule has 0 unspecified atom stereocenters. The Morgan fingerprint density at radius 2 is 1.95 bits per heavy atom. The van der Waals surface area contributed by atoms with Gasteiger partial charge in [-0.15, -0.1) is 5.10 Å². The van der Waals surface area contributed by atoms with Gasteiger partial charge in [-0.25, -0.2) is 8.42 Å². The summed E-state index contributed by atoms with van der Waals surface area (Å²) in [5.41, 5.74) is 0.430. The second-order valence-electron chi connectivity index (χ2n) is 4.94. The third-order valence-electron chi connectivity index (χ3n) is 3.29. The van der Waals surface area contributed by atoms with Crippen molar-refractivity contribution in [2.24, 2.45) is 0 Å². The van der Waals surface area contributed by atoms with Crippen molar-refractivity contribution in [3.8, 4) is 0 Å². The molecule has 0 aliphatic carbocycles. The largest absolute Gasteiger partial charge is 0.335 e. The summed E-state index contributed by atoms with van der Waals surface area (Å²) in [5.74, 6) is 0.0785. The van der Waals surface area contributed by atoms with Crippen molar-refractivity contribution >= 4 is 27.3 Å². The third-order valence-corrected chi connectivity index (χ3v) is 4.85. The summed E-state index contributed by atoms with van der Waals surface area (Å²) in [5, 5.41) is 3.86. The maximum Gasteiger partial charge on any atom is 0.275 e. The molecule has 1 saturated heterocycles. The lowest BCUT2D eigenvalue weighted by Crippen LogP contribution is -2.49. The monoisotopic (exact) mass is 318 g/mol. The van der Waals surface area contributed by atoms with Gasteiger partial charge in [0.1, 0.15) is 9.84 Å². The molecule has 7 nitrogen and oxygen atoms in total. The third kappa shape index (κ3) is 3.97. The Morgan fingerprint density at radius 3 is 2.45 bits per heavy atom. The average Bonchev–Trinajstić information content (AvgIpc) is 2.81. The van der Waals surface area contributed by atoms with Crippen molar-refractivity contribution in [2.45, 2.75) is 6.92 Å². The summed E-state index contributed by atoms with van der Waals surface area (Å²) in [6.45, 7) is 4.94. The lowest BCUT2D eigenvalue weighted by Gasteiger charge is -2.34. The van der Waals surface area contributed by atoms with E-state index < -0.39 is 9.84 Å². The Bertz CT molecular complexity index is 576. The molecule has 1 amide bonds. The summed E-state index contributed by atoms with van der Waals surface area (Å²) in [6, 6.07) is 0. The second kappa shape index (κ2) is 6.15. The van der Waals surface area contributed by atoms with Crippen LogP contribution in [0.5, 0.6) is 0 Å². The van der Waals surface area contributed by atoms with Crippen LogP contribution in [0, 0.1) is 6.92 Å². The number of nitrogens with zero attached hydrogens (tertiary/aromatic N) is 4. The highest BCUT2D eigenvalue weighted by atomic mass is 32.2. The van der Waals surface area contributed by atoms with Gasteiger partial charge < -0.3 is 4.90 Å². The van der Waals surface area contributed by atoms with E-state index in [1.807, 2.05) is 6.92 Å². The van der Waals surface area contributed by atoms with E-state index in [1.54, 1.807) is 4.90 Å². The quantitative estimate of drug-likeness (QED) is 0.754. The molecule has 1 aliphatic heterocycles. The van der Waals surface area contributed by atoms with E-state index in [0.29, 0.717) is 38.4 Å². The van der Waals surface area contributed by atoms with Crippen LogP contribution in [0.25, 0.3) is 0 Å². The average molecular weight is 318 g/mol. The molecule has 0 atom stereocenters. The van der Waals surface area contributed by atoms with Gasteiger partial charge in [0, 0.05) is 39.0 Å². The number of carbonyl (C=O) groups excluding carboxylic acids is 1. The number of amides is 1. The van der Waals surface area contributed by atoms with E-state index in [9.17, 15) is 13.2 Å². The van der Waals surface area contributed by atoms with Crippen LogP contribution in [0.15, 0.2) is 0 Å². The molecule has 2 rings (SSSR count). The second-order valence-corrected chi connectivity index (χ2v) is 8.16. The van der Waals surface area contributed by atoms with E-state index in [4.69, 9.17) is 0 Å². The summed E-state index contributed by atoms with van der Waals surface area (Å²) >= 11 is 1.22. The number of hydrogen-bond acceptors (Lipinski definition) is 7. The number of sulfone groups is 1. The van der Waals surface area contributed by atoms with Gasteiger partial charge in [0.25, 0.3) is 5.91 Å². The molecule has 0 saturated carbocycles. The molecule has 0 radical (unpaired) electrons. The van der Waals surface area contributed by atoms with Crippen LogP contribution >= 0.6 is 11.5 Å². The van der Waals surface area contributed by atoms with Gasteiger partial charge >= 0.3 is 0 Å². The summed E-state index contributed by atoms with van der Waals surface area (Å²) < 4.78 is 26.0. The number of rotatable bonds is 4. The van der Waals surface area contributed by atoms with E-state index in [0.717, 1.165) is 4.88 Å². The zero-order chi connectivity index (χ0) is 14.8. The van der Waals surface area contributed by atoms with Gasteiger partial charge in [-0.3, -0.25) is 9.69 Å². The van der Waals surface area contributed by atoms with Crippen molar-refractivity contribution in [1.29, 1.82) is 0 Å². The van der Waals surface area contributed by atoms with E-state index in [1.165, 1.54) is 17.8 Å². The fraction of sp³-hybridized carbons (Fsp3) is 0.727. The van der Waals surface area contributed by atoms with Gasteiger partial charge in [-0.1, -0.05) is 4.49 Å². The van der Waals surface area contributed by atoms with Crippen molar-refractivity contribution in [3.05, 3.63) is 10.6 Å². The van der Waals surface area contributed by atoms with E-state index in [2.05, 4.69) is 14.5 Å². The van der Waals surface area contributed by atoms with Gasteiger partial charge in [-0.05, 0) is 18.5 Å². The smallest absolute Gasteiger partial charge is 0.275 e. The van der Waals surface area contributed by atoms with Crippen LogP contribution in [0.2, 0.25) is 0 Å². The number of carbonyl (C=O) groups is 1. The first-order valence-corrected chi connectivity index (χ1v) is 9.18. The maximum absolute atomic E-state index is 12.2. The molecule has 112 valence electrons. The molecule has 1 aromatic heterocycles. The number of hydrogen-bond donors (Lipinski definition) is 0. The molecule has 9 heteroatoms. The van der Waals surface area contributed by atoms with Crippen LogP contribution in [-0.2, 0) is 9.84 Å². The highest BCUT2D eigenvalue weighted by Crippen LogP contribution is 2.13. The predicted molar refractivity (Wildman–Crippen MR) is 76.7 cm³/mol. The molecule has 0 spiro atoms. The minimum atomic E-state index is -2.93. The zero-order valence-electron chi connectivity index (χ0n) is 11.6. The van der Waals surface area contributed by atoms with E-state index in [-0.39, 0.29) is 11.7 Å². The molecular formula is C11H18N4O3S2. The Hall–Kier alpha value is -1.06. The first-order chi connectivity index (χ1) is 9.37. The molecule has 0 N–H and O–H groups in total. The first kappa shape index (κ1) is 15.3. The zero-order valence-corrected chi connectivity index (χ0v) is 13.2. The fourth-order valence-electron chi connectivity index (χ4n) is 2.05. The number of aryl methyl sites for hydroxylation is 1. The molecule has 2 heterocycles. The number of aromatic nitrogens is 2. The summed E-state index contributed by atoms with van der Waals surface area (Å²) in [6.07, 6.45) is 1.24. The van der Waals surface area contributed by atoms with Gasteiger partial charge in [0.2, 0.25) is 0 Å². The molecule has 1 fully saturated rings. The fourth-order valence-corrected chi connectivity index (χ4v) is 3.10. The van der Waals surface area contributed by atoms with E-state index >= 15 is 0 Å². The summed E-state index contributed by atoms with van der Waals surface area (Å²) in [7, 11) is -2.93. The van der Waals surface area contributed by atoms with Crippen molar-refractivity contribution in [1.82, 2.24) is 19.4 Å². The van der Waals surface area contributed by atoms with Crippen LogP contribution < -0.4 is 0 Å². The Morgan fingerprint density at radius 1 is 1.30 bits per heavy atom. The van der Waals surface area contributed by atoms with Crippen molar-refractivity contribution in [3.63, 3.8) is 0 Å². The normalized spacial score (nSPS) is 17.4. The molecule has 0 bridgehead atoms. The SMILES string of the molecule is Cc1snnc1C(=O)N1CCN(CCS(C)(=O)=O)CC1. The molecular weight excluding hydrogens is 300 g/mol.